The Kier molecular flexibility index (Phi) is 4.15. The fraction of sp³-hybridized carbons (Fsp3) is 0.500. The normalized spacial score (nSPS) is 24.1. The van der Waals surface area contributed by atoms with Gasteiger partial charge in [0.25, 0.3) is 5.91 Å². The summed E-state index contributed by atoms with van der Waals surface area (Å²) in [5.74, 6) is -1.03. The van der Waals surface area contributed by atoms with Crippen molar-refractivity contribution < 1.29 is 27.5 Å². The first-order valence-electron chi connectivity index (χ1n) is 7.73. The Labute approximate surface area is 137 Å². The van der Waals surface area contributed by atoms with E-state index in [9.17, 15) is 22.8 Å². The minimum atomic E-state index is -4.82. The van der Waals surface area contributed by atoms with Crippen molar-refractivity contribution in [1.82, 2.24) is 9.80 Å². The predicted octanol–water partition coefficient (Wildman–Crippen LogP) is 2.42. The summed E-state index contributed by atoms with van der Waals surface area (Å²) >= 11 is 0. The molecule has 2 aliphatic rings. The van der Waals surface area contributed by atoms with E-state index in [1.54, 1.807) is 11.8 Å². The molecule has 0 aliphatic carbocycles. The number of carbonyl (C=O) groups is 2. The molecule has 0 bridgehead atoms. The van der Waals surface area contributed by atoms with Crippen LogP contribution < -0.4 is 4.74 Å². The smallest absolute Gasteiger partial charge is 0.406 e. The number of fused-ring (bicyclic) bond motifs is 1. The van der Waals surface area contributed by atoms with Gasteiger partial charge in [-0.05, 0) is 38.0 Å². The molecule has 0 unspecified atom stereocenters. The van der Waals surface area contributed by atoms with E-state index in [1.807, 2.05) is 0 Å². The van der Waals surface area contributed by atoms with Crippen molar-refractivity contribution in [3.8, 4) is 5.75 Å². The number of piperazine rings is 1. The van der Waals surface area contributed by atoms with Crippen LogP contribution in [0.25, 0.3) is 0 Å². The maximum Gasteiger partial charge on any atom is 0.573 e. The number of nitrogens with zero attached hydrogens (tertiary/aromatic N) is 2. The molecule has 3 rings (SSSR count). The van der Waals surface area contributed by atoms with Crippen LogP contribution in [0.1, 0.15) is 30.1 Å². The summed E-state index contributed by atoms with van der Waals surface area (Å²) in [6, 6.07) is 4.30. The lowest BCUT2D eigenvalue weighted by Crippen LogP contribution is -2.60. The lowest BCUT2D eigenvalue weighted by atomic mass is 10.1. The zero-order valence-electron chi connectivity index (χ0n) is 13.0. The van der Waals surface area contributed by atoms with Crippen LogP contribution in [0.3, 0.4) is 0 Å². The van der Waals surface area contributed by atoms with Crippen LogP contribution in [0, 0.1) is 0 Å². The summed E-state index contributed by atoms with van der Waals surface area (Å²) in [7, 11) is 0. The monoisotopic (exact) mass is 342 g/mol. The molecule has 0 radical (unpaired) electrons. The number of hydrogen-bond donors (Lipinski definition) is 0. The van der Waals surface area contributed by atoms with E-state index in [0.717, 1.165) is 25.0 Å². The number of carbonyl (C=O) groups excluding carboxylic acids is 2. The molecular weight excluding hydrogens is 325 g/mol. The highest BCUT2D eigenvalue weighted by Gasteiger charge is 2.42. The first-order valence-corrected chi connectivity index (χ1v) is 7.73. The van der Waals surface area contributed by atoms with Gasteiger partial charge < -0.3 is 14.5 Å². The third kappa shape index (κ3) is 3.18. The lowest BCUT2D eigenvalue weighted by Gasteiger charge is -2.41. The average molecular weight is 342 g/mol. The topological polar surface area (TPSA) is 49.9 Å². The highest BCUT2D eigenvalue weighted by atomic mass is 19.4. The van der Waals surface area contributed by atoms with Gasteiger partial charge in [0.2, 0.25) is 5.91 Å². The van der Waals surface area contributed by atoms with E-state index in [0.29, 0.717) is 13.1 Å². The van der Waals surface area contributed by atoms with Crippen molar-refractivity contribution in [2.75, 3.05) is 13.1 Å². The van der Waals surface area contributed by atoms with Crippen LogP contribution in [0.15, 0.2) is 24.3 Å². The highest BCUT2D eigenvalue weighted by molar-refractivity contribution is 5.98. The van der Waals surface area contributed by atoms with Gasteiger partial charge in [-0.15, -0.1) is 13.2 Å². The van der Waals surface area contributed by atoms with Gasteiger partial charge in [0.05, 0.1) is 0 Å². The second-order valence-electron chi connectivity index (χ2n) is 6.04. The zero-order valence-corrected chi connectivity index (χ0v) is 13.0. The lowest BCUT2D eigenvalue weighted by molar-refractivity contribution is -0.274. The number of rotatable bonds is 2. The van der Waals surface area contributed by atoms with Crippen LogP contribution in [-0.4, -0.2) is 53.1 Å². The third-order valence-corrected chi connectivity index (χ3v) is 4.47. The molecule has 2 aliphatic heterocycles. The maximum absolute atomic E-state index is 12.7. The van der Waals surface area contributed by atoms with Gasteiger partial charge in [0.15, 0.2) is 0 Å². The van der Waals surface area contributed by atoms with E-state index >= 15 is 0 Å². The molecule has 0 saturated carbocycles. The van der Waals surface area contributed by atoms with Crippen molar-refractivity contribution in [1.29, 1.82) is 0 Å². The second-order valence-corrected chi connectivity index (χ2v) is 6.04. The van der Waals surface area contributed by atoms with Crippen LogP contribution in [-0.2, 0) is 4.79 Å². The Morgan fingerprint density at radius 3 is 2.79 bits per heavy atom. The van der Waals surface area contributed by atoms with Gasteiger partial charge in [-0.25, -0.2) is 0 Å². The zero-order chi connectivity index (χ0) is 17.5. The van der Waals surface area contributed by atoms with Crippen LogP contribution >= 0.6 is 0 Å². The minimum Gasteiger partial charge on any atom is -0.406 e. The van der Waals surface area contributed by atoms with Crippen molar-refractivity contribution in [2.24, 2.45) is 0 Å². The highest BCUT2D eigenvalue weighted by Crippen LogP contribution is 2.28. The summed E-state index contributed by atoms with van der Waals surface area (Å²) in [5, 5.41) is 0. The molecule has 2 atom stereocenters. The van der Waals surface area contributed by atoms with Crippen LogP contribution in [0.2, 0.25) is 0 Å². The number of hydrogen-bond acceptors (Lipinski definition) is 3. The van der Waals surface area contributed by atoms with E-state index in [4.69, 9.17) is 0 Å². The Morgan fingerprint density at radius 1 is 1.33 bits per heavy atom. The number of halogens is 3. The molecule has 8 heteroatoms. The molecule has 2 heterocycles. The van der Waals surface area contributed by atoms with Crippen LogP contribution in [0.4, 0.5) is 13.2 Å². The molecule has 5 nitrogen and oxygen atoms in total. The Hall–Kier alpha value is -2.25. The molecule has 0 N–H and O–H groups in total. The first-order chi connectivity index (χ1) is 11.3. The van der Waals surface area contributed by atoms with Gasteiger partial charge in [-0.1, -0.05) is 6.07 Å². The summed E-state index contributed by atoms with van der Waals surface area (Å²) in [5.41, 5.74) is 0.0721. The molecule has 1 aromatic carbocycles. The molecule has 2 saturated heterocycles. The fourth-order valence-electron chi connectivity index (χ4n) is 3.32. The summed E-state index contributed by atoms with van der Waals surface area (Å²) in [4.78, 5) is 28.3. The Morgan fingerprint density at radius 2 is 2.08 bits per heavy atom. The second kappa shape index (κ2) is 5.99. The van der Waals surface area contributed by atoms with Crippen molar-refractivity contribution in [3.05, 3.63) is 29.8 Å². The maximum atomic E-state index is 12.7. The standard InChI is InChI=1S/C16H17F3N2O3/c1-10-14(22)20-7-3-5-12(20)9-21(10)15(23)11-4-2-6-13(8-11)24-16(17,18)19/h2,4,6,8,10,12H,3,5,7,9H2,1H3/t10-,12-/m0/s1. The van der Waals surface area contributed by atoms with Gasteiger partial charge in [0.1, 0.15) is 11.8 Å². The van der Waals surface area contributed by atoms with E-state index in [-0.39, 0.29) is 17.5 Å². The van der Waals surface area contributed by atoms with Gasteiger partial charge in [-0.3, -0.25) is 9.59 Å². The van der Waals surface area contributed by atoms with Crippen molar-refractivity contribution >= 4 is 11.8 Å². The Balaban J connectivity index is 1.81. The molecule has 2 amide bonds. The predicted molar refractivity (Wildman–Crippen MR) is 78.4 cm³/mol. The van der Waals surface area contributed by atoms with Crippen molar-refractivity contribution in [3.63, 3.8) is 0 Å². The molecule has 0 spiro atoms. The van der Waals surface area contributed by atoms with E-state index in [2.05, 4.69) is 4.74 Å². The number of benzene rings is 1. The van der Waals surface area contributed by atoms with Gasteiger partial charge >= 0.3 is 6.36 Å². The van der Waals surface area contributed by atoms with E-state index in [1.165, 1.54) is 17.0 Å². The SMILES string of the molecule is C[C@H]1C(=O)N2CCC[C@H]2CN1C(=O)c1cccc(OC(F)(F)F)c1. The quantitative estimate of drug-likeness (QED) is 0.829. The summed E-state index contributed by atoms with van der Waals surface area (Å²) in [6.07, 6.45) is -3.08. The summed E-state index contributed by atoms with van der Waals surface area (Å²) < 4.78 is 40.8. The minimum absolute atomic E-state index is 0.00717. The largest absolute Gasteiger partial charge is 0.573 e. The molecule has 130 valence electrons. The molecule has 2 fully saturated rings. The van der Waals surface area contributed by atoms with Crippen LogP contribution in [0.5, 0.6) is 5.75 Å². The number of alkyl halides is 3. The van der Waals surface area contributed by atoms with Crippen molar-refractivity contribution in [2.45, 2.75) is 38.2 Å². The molecular formula is C16H17F3N2O3. The molecule has 0 aromatic heterocycles. The number of amides is 2. The third-order valence-electron chi connectivity index (χ3n) is 4.47. The van der Waals surface area contributed by atoms with Gasteiger partial charge in [0, 0.05) is 24.7 Å². The van der Waals surface area contributed by atoms with Gasteiger partial charge in [-0.2, -0.15) is 0 Å². The Bertz CT molecular complexity index is 662. The molecule has 1 aromatic rings. The molecule has 24 heavy (non-hydrogen) atoms. The number of ether oxygens (including phenoxy) is 1. The van der Waals surface area contributed by atoms with E-state index < -0.39 is 24.1 Å². The summed E-state index contributed by atoms with van der Waals surface area (Å²) in [6.45, 7) is 2.74. The fourth-order valence-corrected chi connectivity index (χ4v) is 3.32. The average Bonchev–Trinajstić information content (AvgIpc) is 2.97. The first kappa shape index (κ1) is 16.6.